The van der Waals surface area contributed by atoms with Gasteiger partial charge in [0, 0.05) is 10.0 Å². The number of nitrogens with one attached hydrogen (secondary N) is 1. The Hall–Kier alpha value is -1.10. The monoisotopic (exact) mass is 286 g/mol. The largest absolute Gasteiger partial charge is 0.396 e. The molecule has 1 fully saturated rings. The van der Waals surface area contributed by atoms with Gasteiger partial charge in [-0.05, 0) is 47.8 Å². The first-order valence-corrected chi connectivity index (χ1v) is 5.78. The summed E-state index contributed by atoms with van der Waals surface area (Å²) in [5.74, 6) is -0.750. The number of rotatable bonds is 2. The number of nitrogen functional groups attached to an aromatic ring is 1. The van der Waals surface area contributed by atoms with Gasteiger partial charge in [-0.25, -0.2) is 4.39 Å². The van der Waals surface area contributed by atoms with Gasteiger partial charge in [-0.2, -0.15) is 0 Å². The molecule has 2 rings (SSSR count). The number of amides is 1. The molecule has 5 heteroatoms. The number of nitrogens with two attached hydrogens (primary N) is 1. The van der Waals surface area contributed by atoms with Crippen molar-refractivity contribution in [3.8, 4) is 0 Å². The van der Waals surface area contributed by atoms with Crippen molar-refractivity contribution in [2.24, 2.45) is 0 Å². The van der Waals surface area contributed by atoms with E-state index in [1.807, 2.05) is 6.92 Å². The van der Waals surface area contributed by atoms with Crippen LogP contribution in [0.4, 0.5) is 10.1 Å². The molecule has 0 saturated heterocycles. The fourth-order valence-corrected chi connectivity index (χ4v) is 1.89. The number of carbonyl (C=O) groups is 1. The molecule has 0 atom stereocenters. The minimum Gasteiger partial charge on any atom is -0.396 e. The van der Waals surface area contributed by atoms with Gasteiger partial charge in [0.2, 0.25) is 0 Å². The smallest absolute Gasteiger partial charge is 0.252 e. The number of hydrogen-bond donors (Lipinski definition) is 2. The van der Waals surface area contributed by atoms with Crippen molar-refractivity contribution in [1.29, 1.82) is 0 Å². The van der Waals surface area contributed by atoms with Crippen LogP contribution in [-0.2, 0) is 0 Å². The van der Waals surface area contributed by atoms with E-state index in [4.69, 9.17) is 5.73 Å². The van der Waals surface area contributed by atoms with Crippen LogP contribution in [0.5, 0.6) is 0 Å². The summed E-state index contributed by atoms with van der Waals surface area (Å²) >= 11 is 3.15. The molecule has 1 aromatic rings. The molecule has 3 nitrogen and oxygen atoms in total. The number of benzene rings is 1. The SMILES string of the molecule is CC1(NC(=O)c2cc(N)c(F)cc2Br)CC1. The third-order valence-electron chi connectivity index (χ3n) is 2.75. The van der Waals surface area contributed by atoms with Crippen LogP contribution >= 0.6 is 15.9 Å². The minimum atomic E-state index is -0.527. The van der Waals surface area contributed by atoms with Gasteiger partial charge in [0.25, 0.3) is 5.91 Å². The Morgan fingerprint density at radius 1 is 1.56 bits per heavy atom. The highest BCUT2D eigenvalue weighted by atomic mass is 79.9. The lowest BCUT2D eigenvalue weighted by Gasteiger charge is -2.13. The zero-order valence-electron chi connectivity index (χ0n) is 8.81. The van der Waals surface area contributed by atoms with Crippen molar-refractivity contribution >= 4 is 27.5 Å². The second-order valence-corrected chi connectivity index (χ2v) is 5.22. The van der Waals surface area contributed by atoms with Gasteiger partial charge in [0.05, 0.1) is 11.3 Å². The summed E-state index contributed by atoms with van der Waals surface area (Å²) < 4.78 is 13.5. The van der Waals surface area contributed by atoms with Gasteiger partial charge in [-0.1, -0.05) is 0 Å². The molecule has 0 bridgehead atoms. The Kier molecular flexibility index (Phi) is 2.66. The third kappa shape index (κ3) is 2.19. The summed E-state index contributed by atoms with van der Waals surface area (Å²) in [6.07, 6.45) is 1.96. The molecule has 1 aliphatic rings. The zero-order chi connectivity index (χ0) is 11.9. The minimum absolute atomic E-state index is 0.0192. The first-order chi connectivity index (χ1) is 7.41. The number of hydrogen-bond acceptors (Lipinski definition) is 2. The summed E-state index contributed by atoms with van der Waals surface area (Å²) in [6, 6.07) is 2.56. The third-order valence-corrected chi connectivity index (χ3v) is 3.40. The first-order valence-electron chi connectivity index (χ1n) is 4.98. The fourth-order valence-electron chi connectivity index (χ4n) is 1.39. The van der Waals surface area contributed by atoms with Crippen molar-refractivity contribution in [3.05, 3.63) is 28.0 Å². The highest BCUT2D eigenvalue weighted by Gasteiger charge is 2.39. The Morgan fingerprint density at radius 3 is 2.75 bits per heavy atom. The molecule has 0 heterocycles. The van der Waals surface area contributed by atoms with Gasteiger partial charge in [0.15, 0.2) is 0 Å². The van der Waals surface area contributed by atoms with Crippen LogP contribution in [0, 0.1) is 5.82 Å². The molecule has 0 aliphatic heterocycles. The molecule has 1 saturated carbocycles. The predicted molar refractivity (Wildman–Crippen MR) is 63.6 cm³/mol. The second kappa shape index (κ2) is 3.73. The van der Waals surface area contributed by atoms with Gasteiger partial charge in [-0.3, -0.25) is 4.79 Å². The van der Waals surface area contributed by atoms with E-state index >= 15 is 0 Å². The summed E-state index contributed by atoms with van der Waals surface area (Å²) in [6.45, 7) is 1.98. The second-order valence-electron chi connectivity index (χ2n) is 4.37. The zero-order valence-corrected chi connectivity index (χ0v) is 10.4. The van der Waals surface area contributed by atoms with Crippen molar-refractivity contribution < 1.29 is 9.18 Å². The first kappa shape index (κ1) is 11.4. The van der Waals surface area contributed by atoms with E-state index in [1.165, 1.54) is 12.1 Å². The normalized spacial score (nSPS) is 16.9. The van der Waals surface area contributed by atoms with Crippen LogP contribution in [-0.4, -0.2) is 11.4 Å². The van der Waals surface area contributed by atoms with E-state index in [9.17, 15) is 9.18 Å². The quantitative estimate of drug-likeness (QED) is 0.821. The standard InChI is InChI=1S/C11H12BrFN2O/c1-11(2-3-11)15-10(16)6-4-9(14)8(13)5-7(6)12/h4-5H,2-3,14H2,1H3,(H,15,16). The van der Waals surface area contributed by atoms with E-state index in [1.54, 1.807) is 0 Å². The molecule has 1 amide bonds. The number of carbonyl (C=O) groups excluding carboxylic acids is 1. The van der Waals surface area contributed by atoms with Crippen LogP contribution in [0.2, 0.25) is 0 Å². The molecule has 0 spiro atoms. The van der Waals surface area contributed by atoms with E-state index in [2.05, 4.69) is 21.2 Å². The highest BCUT2D eigenvalue weighted by molar-refractivity contribution is 9.10. The van der Waals surface area contributed by atoms with E-state index in [0.29, 0.717) is 10.0 Å². The Balaban J connectivity index is 2.26. The van der Waals surface area contributed by atoms with Crippen molar-refractivity contribution in [3.63, 3.8) is 0 Å². The van der Waals surface area contributed by atoms with Crippen LogP contribution in [0.15, 0.2) is 16.6 Å². The molecule has 0 radical (unpaired) electrons. The summed E-state index contributed by atoms with van der Waals surface area (Å²) in [5, 5.41) is 2.89. The summed E-state index contributed by atoms with van der Waals surface area (Å²) in [5.41, 5.74) is 5.68. The van der Waals surface area contributed by atoms with Crippen molar-refractivity contribution in [2.75, 3.05) is 5.73 Å². The Labute approximate surface area is 101 Å². The molecule has 3 N–H and O–H groups in total. The Bertz CT molecular complexity index is 458. The van der Waals surface area contributed by atoms with Crippen LogP contribution < -0.4 is 11.1 Å². The van der Waals surface area contributed by atoms with E-state index < -0.39 is 5.82 Å². The molecule has 0 aromatic heterocycles. The lowest BCUT2D eigenvalue weighted by molar-refractivity contribution is 0.0934. The molecule has 1 aliphatic carbocycles. The maximum Gasteiger partial charge on any atom is 0.252 e. The molecule has 0 unspecified atom stereocenters. The topological polar surface area (TPSA) is 55.1 Å². The lowest BCUT2D eigenvalue weighted by Crippen LogP contribution is -2.34. The van der Waals surface area contributed by atoms with Gasteiger partial charge < -0.3 is 11.1 Å². The molecule has 86 valence electrons. The molecule has 1 aromatic carbocycles. The highest BCUT2D eigenvalue weighted by Crippen LogP contribution is 2.35. The predicted octanol–water partition coefficient (Wildman–Crippen LogP) is 2.45. The molecular formula is C11H12BrFN2O. The van der Waals surface area contributed by atoms with Gasteiger partial charge in [-0.15, -0.1) is 0 Å². The van der Waals surface area contributed by atoms with Gasteiger partial charge in [0.1, 0.15) is 5.82 Å². The maximum atomic E-state index is 13.1. The maximum absolute atomic E-state index is 13.1. The Morgan fingerprint density at radius 2 is 2.19 bits per heavy atom. The van der Waals surface area contributed by atoms with Crippen LogP contribution in [0.3, 0.4) is 0 Å². The lowest BCUT2D eigenvalue weighted by atomic mass is 10.1. The van der Waals surface area contributed by atoms with Crippen molar-refractivity contribution in [1.82, 2.24) is 5.32 Å². The fraction of sp³-hybridized carbons (Fsp3) is 0.364. The average Bonchev–Trinajstić information content (AvgIpc) is 2.89. The van der Waals surface area contributed by atoms with Gasteiger partial charge >= 0.3 is 0 Å². The number of halogens is 2. The van der Waals surface area contributed by atoms with E-state index in [-0.39, 0.29) is 17.1 Å². The van der Waals surface area contributed by atoms with Crippen molar-refractivity contribution in [2.45, 2.75) is 25.3 Å². The van der Waals surface area contributed by atoms with E-state index in [0.717, 1.165) is 12.8 Å². The number of anilines is 1. The molecular weight excluding hydrogens is 275 g/mol. The summed E-state index contributed by atoms with van der Waals surface area (Å²) in [4.78, 5) is 11.9. The van der Waals surface area contributed by atoms with Crippen LogP contribution in [0.1, 0.15) is 30.1 Å². The average molecular weight is 287 g/mol. The van der Waals surface area contributed by atoms with Crippen LogP contribution in [0.25, 0.3) is 0 Å². The molecule has 16 heavy (non-hydrogen) atoms. The summed E-state index contributed by atoms with van der Waals surface area (Å²) in [7, 11) is 0.